The maximum atomic E-state index is 15.1. The fraction of sp³-hybridized carbons (Fsp3) is 0.629. The molecule has 0 aromatic heterocycles. The summed E-state index contributed by atoms with van der Waals surface area (Å²) in [5, 5.41) is 10.6. The van der Waals surface area contributed by atoms with Gasteiger partial charge in [-0.1, -0.05) is 55.3 Å². The lowest BCUT2D eigenvalue weighted by Gasteiger charge is -2.41. The zero-order chi connectivity index (χ0) is 33.1. The number of hydrogen-bond acceptors (Lipinski definition) is 6. The number of likely N-dealkylation sites (tertiary alicyclic amines) is 1. The molecule has 8 atom stereocenters. The number of hydrogen-bond donors (Lipinski definition) is 1. The lowest BCUT2D eigenvalue weighted by molar-refractivity contribution is -0.146. The van der Waals surface area contributed by atoms with Crippen LogP contribution in [0.4, 0.5) is 11.4 Å². The molecule has 3 amide bonds. The molecule has 3 aliphatic heterocycles. The molecule has 3 fully saturated rings. The predicted molar refractivity (Wildman–Crippen MR) is 189 cm³/mol. The van der Waals surface area contributed by atoms with E-state index in [9.17, 15) is 14.7 Å². The first-order valence-corrected chi connectivity index (χ1v) is 18.3. The lowest BCUT2D eigenvalue weighted by Crippen LogP contribution is -2.59. The Morgan fingerprint density at radius 2 is 1.71 bits per heavy atom. The van der Waals surface area contributed by atoms with Crippen molar-refractivity contribution in [1.29, 1.82) is 0 Å². The van der Waals surface area contributed by atoms with Gasteiger partial charge >= 0.3 is 0 Å². The largest absolute Gasteiger partial charge is 0.394 e. The van der Waals surface area contributed by atoms with Crippen molar-refractivity contribution in [3.63, 3.8) is 0 Å². The molecule has 10 heteroatoms. The van der Waals surface area contributed by atoms with Gasteiger partial charge in [-0.2, -0.15) is 0 Å². The van der Waals surface area contributed by atoms with Gasteiger partial charge in [0.05, 0.1) is 29.2 Å². The average molecular weight is 704 g/mol. The van der Waals surface area contributed by atoms with Crippen LogP contribution >= 0.6 is 27.7 Å². The summed E-state index contributed by atoms with van der Waals surface area (Å²) in [5.41, 5.74) is 1.81. The van der Waals surface area contributed by atoms with Crippen LogP contribution in [0.1, 0.15) is 53.9 Å². The molecule has 1 aromatic rings. The molecule has 3 heterocycles. The minimum atomic E-state index is -0.838. The summed E-state index contributed by atoms with van der Waals surface area (Å²) < 4.78 is -0.805. The highest BCUT2D eigenvalue weighted by Gasteiger charge is 2.76. The summed E-state index contributed by atoms with van der Waals surface area (Å²) in [7, 11) is 0. The Bertz CT molecular complexity index is 1240. The summed E-state index contributed by atoms with van der Waals surface area (Å²) in [6, 6.07) is 6.59. The number of nitrogens with zero attached hydrogens (tertiary/aromatic N) is 4. The number of thioether (sulfide) groups is 1. The number of aliphatic hydroxyl groups excluding tert-OH is 1. The van der Waals surface area contributed by atoms with Crippen molar-refractivity contribution >= 4 is 56.8 Å². The maximum absolute atomic E-state index is 15.1. The number of aliphatic hydroxyl groups is 1. The van der Waals surface area contributed by atoms with Gasteiger partial charge < -0.3 is 24.7 Å². The summed E-state index contributed by atoms with van der Waals surface area (Å²) >= 11 is 5.52. The van der Waals surface area contributed by atoms with E-state index in [0.29, 0.717) is 19.5 Å². The van der Waals surface area contributed by atoms with Crippen molar-refractivity contribution in [3.8, 4) is 0 Å². The second-order valence-electron chi connectivity index (χ2n) is 12.5. The summed E-state index contributed by atoms with van der Waals surface area (Å²) in [6.45, 7) is 20.9. The van der Waals surface area contributed by atoms with E-state index >= 15 is 4.79 Å². The highest BCUT2D eigenvalue weighted by molar-refractivity contribution is 9.09. The van der Waals surface area contributed by atoms with Crippen LogP contribution in [0.3, 0.4) is 0 Å². The predicted octanol–water partition coefficient (Wildman–Crippen LogP) is 5.35. The number of fused-ring (bicyclic) bond motifs is 1. The Morgan fingerprint density at radius 1 is 1.09 bits per heavy atom. The van der Waals surface area contributed by atoms with Crippen LogP contribution in [0.15, 0.2) is 49.6 Å². The summed E-state index contributed by atoms with van der Waals surface area (Å²) in [4.78, 5) is 51.5. The van der Waals surface area contributed by atoms with Crippen LogP contribution in [0.25, 0.3) is 0 Å². The molecule has 0 radical (unpaired) electrons. The minimum absolute atomic E-state index is 0.0275. The molecule has 248 valence electrons. The molecule has 1 spiro atoms. The first-order chi connectivity index (χ1) is 21.6. The number of alkyl halides is 1. The summed E-state index contributed by atoms with van der Waals surface area (Å²) in [5.74, 6) is -1.69. The first kappa shape index (κ1) is 35.6. The average Bonchev–Trinajstić information content (AvgIpc) is 3.63. The molecular formula is C35H51BrN4O4S. The zero-order valence-electron chi connectivity index (χ0n) is 27.5. The quantitative estimate of drug-likeness (QED) is 0.185. The topological polar surface area (TPSA) is 84.4 Å². The maximum Gasteiger partial charge on any atom is 0.251 e. The number of rotatable bonds is 16. The molecule has 1 N–H and O–H groups in total. The Morgan fingerprint density at radius 3 is 2.24 bits per heavy atom. The van der Waals surface area contributed by atoms with Crippen molar-refractivity contribution in [2.75, 3.05) is 49.1 Å². The molecule has 2 bridgehead atoms. The molecular weight excluding hydrogens is 652 g/mol. The van der Waals surface area contributed by atoms with Gasteiger partial charge in [-0.25, -0.2) is 0 Å². The van der Waals surface area contributed by atoms with Gasteiger partial charge in [-0.15, -0.1) is 24.9 Å². The smallest absolute Gasteiger partial charge is 0.251 e. The normalized spacial score (nSPS) is 28.0. The number of halogens is 1. The Labute approximate surface area is 282 Å². The number of anilines is 2. The third-order valence-electron chi connectivity index (χ3n) is 10.1. The van der Waals surface area contributed by atoms with Gasteiger partial charge in [0.1, 0.15) is 6.04 Å². The highest BCUT2D eigenvalue weighted by atomic mass is 79.9. The highest BCUT2D eigenvalue weighted by Crippen LogP contribution is 2.68. The standard InChI is InChI=1S/C35H51BrN4O4S/c1-8-18-38(19-9-2)32(42)28-29-33(43)40(27(22-41)23(7)11-4)31(35(29)21-26(36)30(28)45-35)34(44)39(20-10-3)25-16-14-24(15-17-25)37(12-5)13-6/h8,10,14-17,23,26-31,41H,1,3,9,11-13,18-22H2,2,4-7H3/t23-,26?,27-,28-,29-,30-,31?,35?/m0/s1. The Hall–Kier alpha value is -2.30. The SMILES string of the molecule is C=CCN(CCC)C(=O)[C@H]1[C@H]2C(=O)N([C@@H](CO)[C@@H](C)CC)C(C(=O)N(CC=C)c3ccc(N(CC)CC)cc3)C23CC(Br)[C@@H]1S3. The third kappa shape index (κ3) is 6.23. The van der Waals surface area contributed by atoms with E-state index in [-0.39, 0.29) is 46.9 Å². The van der Waals surface area contributed by atoms with Gasteiger partial charge in [0.15, 0.2) is 0 Å². The molecule has 3 aliphatic rings. The fourth-order valence-electron chi connectivity index (χ4n) is 7.76. The number of benzene rings is 1. The summed E-state index contributed by atoms with van der Waals surface area (Å²) in [6.07, 6.45) is 5.56. The zero-order valence-corrected chi connectivity index (χ0v) is 29.9. The molecule has 8 nitrogen and oxygen atoms in total. The molecule has 0 aliphatic carbocycles. The molecule has 3 saturated heterocycles. The van der Waals surface area contributed by atoms with E-state index in [0.717, 1.165) is 37.3 Å². The van der Waals surface area contributed by atoms with Gasteiger partial charge in [0.25, 0.3) is 5.91 Å². The monoisotopic (exact) mass is 702 g/mol. The lowest BCUT2D eigenvalue weighted by atomic mass is 9.70. The van der Waals surface area contributed by atoms with Crippen LogP contribution < -0.4 is 9.80 Å². The van der Waals surface area contributed by atoms with Crippen LogP contribution in [0, 0.1) is 17.8 Å². The van der Waals surface area contributed by atoms with E-state index in [1.807, 2.05) is 45.0 Å². The van der Waals surface area contributed by atoms with Crippen molar-refractivity contribution in [1.82, 2.24) is 9.80 Å². The van der Waals surface area contributed by atoms with Gasteiger partial charge in [0, 0.05) is 54.2 Å². The first-order valence-electron chi connectivity index (χ1n) is 16.5. The second kappa shape index (κ2) is 15.1. The van der Waals surface area contributed by atoms with Crippen molar-refractivity contribution in [2.45, 2.75) is 80.8 Å². The van der Waals surface area contributed by atoms with Gasteiger partial charge in [-0.05, 0) is 56.9 Å². The van der Waals surface area contributed by atoms with Crippen LogP contribution in [0.5, 0.6) is 0 Å². The van der Waals surface area contributed by atoms with E-state index in [4.69, 9.17) is 0 Å². The van der Waals surface area contributed by atoms with E-state index in [1.54, 1.807) is 38.6 Å². The minimum Gasteiger partial charge on any atom is -0.394 e. The molecule has 3 unspecified atom stereocenters. The Balaban J connectivity index is 1.84. The molecule has 45 heavy (non-hydrogen) atoms. The van der Waals surface area contributed by atoms with Gasteiger partial charge in [-0.3, -0.25) is 14.4 Å². The van der Waals surface area contributed by atoms with Crippen molar-refractivity contribution < 1.29 is 19.5 Å². The second-order valence-corrected chi connectivity index (χ2v) is 15.3. The number of amides is 3. The third-order valence-corrected chi connectivity index (χ3v) is 13.3. The molecule has 4 rings (SSSR count). The van der Waals surface area contributed by atoms with Crippen molar-refractivity contribution in [3.05, 3.63) is 49.6 Å². The van der Waals surface area contributed by atoms with E-state index in [2.05, 4.69) is 47.8 Å². The molecule has 1 aromatic carbocycles. The van der Waals surface area contributed by atoms with Crippen LogP contribution in [-0.2, 0) is 14.4 Å². The van der Waals surface area contributed by atoms with Crippen LogP contribution in [-0.4, -0.2) is 98.9 Å². The molecule has 0 saturated carbocycles. The van der Waals surface area contributed by atoms with E-state index < -0.39 is 28.7 Å². The van der Waals surface area contributed by atoms with Crippen molar-refractivity contribution in [2.24, 2.45) is 17.8 Å². The van der Waals surface area contributed by atoms with Crippen LogP contribution in [0.2, 0.25) is 0 Å². The number of carbonyl (C=O) groups excluding carboxylic acids is 3. The van der Waals surface area contributed by atoms with Gasteiger partial charge in [0.2, 0.25) is 11.8 Å². The number of carbonyl (C=O) groups is 3. The Kier molecular flexibility index (Phi) is 11.9. The fourth-order valence-corrected chi connectivity index (χ4v) is 11.3. The van der Waals surface area contributed by atoms with E-state index in [1.165, 1.54) is 0 Å².